The molecule has 1 heterocycles. The Balaban J connectivity index is 2.84. The lowest BCUT2D eigenvalue weighted by molar-refractivity contribution is -0.163. The first kappa shape index (κ1) is 13.3. The Hall–Kier alpha value is 0.280. The van der Waals surface area contributed by atoms with Gasteiger partial charge in [-0.2, -0.15) is 13.2 Å². The topological polar surface area (TPSA) is 20.3 Å². The third-order valence-electron chi connectivity index (χ3n) is 2.63. The summed E-state index contributed by atoms with van der Waals surface area (Å²) in [6.45, 7) is 0.908. The average Bonchev–Trinajstić information content (AvgIpc) is 2.18. The van der Waals surface area contributed by atoms with Crippen molar-refractivity contribution in [3.63, 3.8) is 0 Å². The van der Waals surface area contributed by atoms with Gasteiger partial charge in [0.15, 0.2) is 0 Å². The normalized spacial score (nSPS) is 20.3. The molecule has 0 N–H and O–H groups in total. The Bertz CT molecular complexity index is 254. The molecule has 2 unspecified atom stereocenters. The van der Waals surface area contributed by atoms with Crippen molar-refractivity contribution in [2.75, 3.05) is 13.1 Å². The summed E-state index contributed by atoms with van der Waals surface area (Å²) in [6, 6.07) is -2.59. The van der Waals surface area contributed by atoms with Gasteiger partial charge in [0.2, 0.25) is 0 Å². The van der Waals surface area contributed by atoms with E-state index in [0.717, 1.165) is 19.3 Å². The molecule has 1 rings (SSSR count). The van der Waals surface area contributed by atoms with Gasteiger partial charge in [0.1, 0.15) is 5.02 Å². The Kier molecular flexibility index (Phi) is 4.13. The minimum absolute atomic E-state index is 0.454. The highest BCUT2D eigenvalue weighted by atomic mass is 31.1. The van der Waals surface area contributed by atoms with Gasteiger partial charge in [-0.05, 0) is 25.9 Å². The van der Waals surface area contributed by atoms with Crippen molar-refractivity contribution in [1.82, 2.24) is 4.90 Å². The summed E-state index contributed by atoms with van der Waals surface area (Å²) >= 11 is 0. The number of nitrogens with zero attached hydrogens (tertiary/aromatic N) is 1. The van der Waals surface area contributed by atoms with Crippen LogP contribution in [-0.2, 0) is 4.79 Å². The van der Waals surface area contributed by atoms with Gasteiger partial charge in [0, 0.05) is 0 Å². The summed E-state index contributed by atoms with van der Waals surface area (Å²) in [4.78, 5) is 11.7. The zero-order valence-corrected chi connectivity index (χ0v) is 10.5. The van der Waals surface area contributed by atoms with E-state index in [9.17, 15) is 18.0 Å². The summed E-state index contributed by atoms with van der Waals surface area (Å²) in [5, 5.41) is -1.90. The third-order valence-corrected chi connectivity index (χ3v) is 4.08. The van der Waals surface area contributed by atoms with Gasteiger partial charge in [-0.15, -0.1) is 18.5 Å². The lowest BCUT2D eigenvalue weighted by Crippen LogP contribution is -2.56. The highest BCUT2D eigenvalue weighted by Crippen LogP contribution is 2.46. The van der Waals surface area contributed by atoms with E-state index in [4.69, 9.17) is 0 Å². The quantitative estimate of drug-likeness (QED) is 0.570. The van der Waals surface area contributed by atoms with Crippen LogP contribution < -0.4 is 0 Å². The van der Waals surface area contributed by atoms with E-state index in [-0.39, 0.29) is 0 Å². The van der Waals surface area contributed by atoms with Gasteiger partial charge in [-0.25, -0.2) is 0 Å². The minimum atomic E-state index is -4.00. The van der Waals surface area contributed by atoms with Crippen molar-refractivity contribution >= 4 is 24.5 Å². The van der Waals surface area contributed by atoms with Crippen LogP contribution in [0.2, 0.25) is 0 Å². The SMILES string of the molecule is O=C(F)C(F)(F)C(P)(P)N1CCCCC1. The minimum Gasteiger partial charge on any atom is -0.286 e. The smallest absolute Gasteiger partial charge is 0.286 e. The fourth-order valence-corrected chi connectivity index (χ4v) is 2.36. The van der Waals surface area contributed by atoms with Gasteiger partial charge >= 0.3 is 12.0 Å². The standard InChI is InChI=1S/C8H14F3NOP2/c9-6(13)7(10,11)8(14,15)12-4-2-1-3-5-12/h1-5,14-15H2. The number of hydrogen-bond acceptors (Lipinski definition) is 2. The van der Waals surface area contributed by atoms with E-state index < -0.39 is 17.0 Å². The Morgan fingerprint density at radius 3 is 2.00 bits per heavy atom. The van der Waals surface area contributed by atoms with Crippen molar-refractivity contribution in [1.29, 1.82) is 0 Å². The van der Waals surface area contributed by atoms with Crippen molar-refractivity contribution < 1.29 is 18.0 Å². The predicted molar refractivity (Wildman–Crippen MR) is 58.6 cm³/mol. The maximum atomic E-state index is 13.3. The molecule has 0 aromatic rings. The van der Waals surface area contributed by atoms with Crippen LogP contribution in [0.15, 0.2) is 0 Å². The summed E-state index contributed by atoms with van der Waals surface area (Å²) < 4.78 is 38.9. The molecular formula is C8H14F3NOP2. The van der Waals surface area contributed by atoms with Crippen LogP contribution in [0, 0.1) is 0 Å². The second-order valence-corrected chi connectivity index (χ2v) is 6.15. The fraction of sp³-hybridized carbons (Fsp3) is 0.875. The van der Waals surface area contributed by atoms with Crippen molar-refractivity contribution in [3.8, 4) is 0 Å². The van der Waals surface area contributed by atoms with Crippen LogP contribution in [0.4, 0.5) is 13.2 Å². The molecule has 1 aliphatic heterocycles. The first-order chi connectivity index (χ1) is 6.80. The molecule has 2 atom stereocenters. The molecule has 0 radical (unpaired) electrons. The van der Waals surface area contributed by atoms with Gasteiger partial charge in [0.25, 0.3) is 0 Å². The number of likely N-dealkylation sites (tertiary alicyclic amines) is 1. The third kappa shape index (κ3) is 2.51. The zero-order chi connectivity index (χ0) is 11.7. The largest absolute Gasteiger partial charge is 0.373 e. The van der Waals surface area contributed by atoms with Gasteiger partial charge in [0.05, 0.1) is 0 Å². The van der Waals surface area contributed by atoms with Crippen LogP contribution in [0.5, 0.6) is 0 Å². The van der Waals surface area contributed by atoms with Crippen LogP contribution >= 0.6 is 18.5 Å². The second-order valence-electron chi connectivity index (χ2n) is 3.72. The Morgan fingerprint density at radius 2 is 1.60 bits per heavy atom. The number of alkyl halides is 2. The van der Waals surface area contributed by atoms with E-state index in [1.165, 1.54) is 4.90 Å². The first-order valence-corrected chi connectivity index (χ1v) is 5.86. The molecule has 7 heteroatoms. The molecule has 1 saturated heterocycles. The number of hydrogen-bond donors (Lipinski definition) is 0. The zero-order valence-electron chi connectivity index (χ0n) is 8.18. The summed E-state index contributed by atoms with van der Waals surface area (Å²) in [5.74, 6) is -4.00. The van der Waals surface area contributed by atoms with Crippen molar-refractivity contribution in [3.05, 3.63) is 0 Å². The highest BCUT2D eigenvalue weighted by Gasteiger charge is 2.57. The molecular weight excluding hydrogens is 245 g/mol. The predicted octanol–water partition coefficient (Wildman–Crippen LogP) is 2.01. The summed E-state index contributed by atoms with van der Waals surface area (Å²) in [7, 11) is 3.75. The maximum Gasteiger partial charge on any atom is 0.373 e. The van der Waals surface area contributed by atoms with Crippen LogP contribution in [0.1, 0.15) is 19.3 Å². The molecule has 0 aromatic heterocycles. The Morgan fingerprint density at radius 1 is 1.13 bits per heavy atom. The van der Waals surface area contributed by atoms with E-state index in [1.54, 1.807) is 0 Å². The van der Waals surface area contributed by atoms with Crippen molar-refractivity contribution in [2.45, 2.75) is 30.2 Å². The van der Waals surface area contributed by atoms with Crippen LogP contribution in [0.3, 0.4) is 0 Å². The fourth-order valence-electron chi connectivity index (χ4n) is 1.62. The van der Waals surface area contributed by atoms with E-state index in [0.29, 0.717) is 13.1 Å². The number of carbonyl (C=O) groups is 1. The number of carbonyl (C=O) groups excluding carboxylic acids is 1. The molecule has 88 valence electrons. The summed E-state index contributed by atoms with van der Waals surface area (Å²) in [6.07, 6.45) is 2.57. The van der Waals surface area contributed by atoms with E-state index in [1.807, 2.05) is 18.5 Å². The molecule has 1 fully saturated rings. The molecule has 0 bridgehead atoms. The lowest BCUT2D eigenvalue weighted by atomic mass is 10.1. The number of halogens is 3. The number of piperidine rings is 1. The first-order valence-electron chi connectivity index (χ1n) is 4.70. The number of rotatable bonds is 3. The molecule has 15 heavy (non-hydrogen) atoms. The highest BCUT2D eigenvalue weighted by molar-refractivity contribution is 7.40. The Labute approximate surface area is 91.4 Å². The average molecular weight is 259 g/mol. The molecule has 0 amide bonds. The van der Waals surface area contributed by atoms with Gasteiger partial charge in [-0.3, -0.25) is 9.69 Å². The molecule has 1 aliphatic rings. The molecule has 2 nitrogen and oxygen atoms in total. The van der Waals surface area contributed by atoms with Crippen molar-refractivity contribution in [2.24, 2.45) is 0 Å². The maximum absolute atomic E-state index is 13.3. The second kappa shape index (κ2) is 4.65. The summed E-state index contributed by atoms with van der Waals surface area (Å²) in [5.41, 5.74) is 0. The molecule has 0 aliphatic carbocycles. The molecule has 0 aromatic carbocycles. The van der Waals surface area contributed by atoms with Gasteiger partial charge < -0.3 is 0 Å². The molecule has 0 saturated carbocycles. The lowest BCUT2D eigenvalue weighted by Gasteiger charge is -2.42. The van der Waals surface area contributed by atoms with Crippen LogP contribution in [-0.4, -0.2) is 35.0 Å². The van der Waals surface area contributed by atoms with Crippen LogP contribution in [0.25, 0.3) is 0 Å². The van der Waals surface area contributed by atoms with Gasteiger partial charge in [-0.1, -0.05) is 6.42 Å². The molecule has 0 spiro atoms. The monoisotopic (exact) mass is 259 g/mol. The van der Waals surface area contributed by atoms with E-state index >= 15 is 0 Å². The van der Waals surface area contributed by atoms with E-state index in [2.05, 4.69) is 0 Å².